The number of carbonyl (C=O) groups excluding carboxylic acids is 2. The lowest BCUT2D eigenvalue weighted by molar-refractivity contribution is -0.148. The van der Waals surface area contributed by atoms with E-state index in [-0.39, 0.29) is 25.0 Å². The number of hydrogen-bond donors (Lipinski definition) is 1. The van der Waals surface area contributed by atoms with E-state index in [4.69, 9.17) is 4.74 Å². The van der Waals surface area contributed by atoms with Crippen LogP contribution in [0.4, 0.5) is 0 Å². The Bertz CT molecular complexity index is 918. The number of thiophene rings is 1. The van der Waals surface area contributed by atoms with Crippen LogP contribution in [-0.4, -0.2) is 23.5 Å². The van der Waals surface area contributed by atoms with Crippen LogP contribution in [0.1, 0.15) is 36.7 Å². The molecule has 1 atom stereocenters. The summed E-state index contributed by atoms with van der Waals surface area (Å²) in [5.74, 6) is -0.782. The van der Waals surface area contributed by atoms with Gasteiger partial charge >= 0.3 is 5.97 Å². The van der Waals surface area contributed by atoms with Crippen LogP contribution in [0.5, 0.6) is 0 Å². The molecular weight excluding hydrogens is 392 g/mol. The molecule has 0 unspecified atom stereocenters. The molecule has 5 nitrogen and oxygen atoms in total. The molecule has 7 heteroatoms. The van der Waals surface area contributed by atoms with Crippen LogP contribution in [0, 0.1) is 0 Å². The molecule has 0 spiro atoms. The van der Waals surface area contributed by atoms with Gasteiger partial charge < -0.3 is 10.1 Å². The summed E-state index contributed by atoms with van der Waals surface area (Å²) in [4.78, 5) is 28.5. The molecule has 0 bridgehead atoms. The molecule has 28 heavy (non-hydrogen) atoms. The van der Waals surface area contributed by atoms with E-state index >= 15 is 0 Å². The van der Waals surface area contributed by atoms with Gasteiger partial charge in [0.05, 0.1) is 18.2 Å². The van der Waals surface area contributed by atoms with Gasteiger partial charge in [0.1, 0.15) is 5.01 Å². The largest absolute Gasteiger partial charge is 0.455 e. The molecule has 3 aromatic rings. The Morgan fingerprint density at radius 1 is 1.18 bits per heavy atom. The summed E-state index contributed by atoms with van der Waals surface area (Å²) in [7, 11) is 0. The fourth-order valence-electron chi connectivity index (χ4n) is 2.66. The first-order valence-electron chi connectivity index (χ1n) is 9.06. The Kier molecular flexibility index (Phi) is 6.95. The van der Waals surface area contributed by atoms with Gasteiger partial charge in [-0.15, -0.1) is 11.3 Å². The summed E-state index contributed by atoms with van der Waals surface area (Å²) in [6.07, 6.45) is 1.03. The van der Waals surface area contributed by atoms with Crippen LogP contribution in [0.3, 0.4) is 0 Å². The number of benzene rings is 1. The van der Waals surface area contributed by atoms with Gasteiger partial charge in [0.25, 0.3) is 5.91 Å². The Balaban J connectivity index is 1.44. The first-order chi connectivity index (χ1) is 13.5. The number of rotatable bonds is 8. The number of thiazole rings is 1. The van der Waals surface area contributed by atoms with Crippen molar-refractivity contribution in [3.63, 3.8) is 0 Å². The molecule has 1 N–H and O–H groups in total. The molecule has 146 valence electrons. The maximum atomic E-state index is 12.1. The fourth-order valence-corrected chi connectivity index (χ4v) is 4.19. The smallest absolute Gasteiger partial charge is 0.312 e. The average Bonchev–Trinajstić information content (AvgIpc) is 3.38. The molecular formula is C21H22N2O3S2. The zero-order valence-electron chi connectivity index (χ0n) is 15.8. The van der Waals surface area contributed by atoms with Crippen LogP contribution in [0.2, 0.25) is 0 Å². The number of nitrogens with one attached hydrogen (secondary N) is 1. The molecule has 0 aliphatic heterocycles. The van der Waals surface area contributed by atoms with E-state index in [1.54, 1.807) is 11.3 Å². The van der Waals surface area contributed by atoms with Crippen LogP contribution in [0.25, 0.3) is 10.6 Å². The lowest BCUT2D eigenvalue weighted by Crippen LogP contribution is -2.31. The number of esters is 1. The molecule has 0 aliphatic rings. The lowest BCUT2D eigenvalue weighted by Gasteiger charge is -2.14. The highest BCUT2D eigenvalue weighted by atomic mass is 32.1. The molecule has 0 fully saturated rings. The Hall–Kier alpha value is -2.51. The third-order valence-corrected chi connectivity index (χ3v) is 5.90. The van der Waals surface area contributed by atoms with E-state index in [9.17, 15) is 9.59 Å². The van der Waals surface area contributed by atoms with Crippen molar-refractivity contribution in [3.05, 3.63) is 63.3 Å². The van der Waals surface area contributed by atoms with E-state index in [0.717, 1.165) is 22.6 Å². The van der Waals surface area contributed by atoms with Crippen molar-refractivity contribution in [2.75, 3.05) is 6.61 Å². The van der Waals surface area contributed by atoms with Crippen molar-refractivity contribution in [1.82, 2.24) is 10.3 Å². The van der Waals surface area contributed by atoms with Gasteiger partial charge in [0.15, 0.2) is 6.61 Å². The minimum absolute atomic E-state index is 0.0575. The predicted octanol–water partition coefficient (Wildman–Crippen LogP) is 4.40. The summed E-state index contributed by atoms with van der Waals surface area (Å²) in [5.41, 5.74) is 3.97. The predicted molar refractivity (Wildman–Crippen MR) is 112 cm³/mol. The van der Waals surface area contributed by atoms with Gasteiger partial charge in [0, 0.05) is 16.3 Å². The quantitative estimate of drug-likeness (QED) is 0.555. The second kappa shape index (κ2) is 9.61. The van der Waals surface area contributed by atoms with Gasteiger partial charge in [-0.2, -0.15) is 11.3 Å². The molecule has 0 saturated carbocycles. The minimum Gasteiger partial charge on any atom is -0.455 e. The SMILES string of the molecule is CCc1ccc([C@H](C)NC(=O)COC(=O)Cc2csc(-c3ccsc3)n2)cc1. The highest BCUT2D eigenvalue weighted by Crippen LogP contribution is 2.25. The normalized spacial score (nSPS) is 11.8. The number of carbonyl (C=O) groups is 2. The van der Waals surface area contributed by atoms with Gasteiger partial charge in [-0.25, -0.2) is 4.98 Å². The number of amides is 1. The highest BCUT2D eigenvalue weighted by molar-refractivity contribution is 7.14. The summed E-state index contributed by atoms with van der Waals surface area (Å²) in [5, 5.41) is 9.57. The lowest BCUT2D eigenvalue weighted by atomic mass is 10.1. The second-order valence-corrected chi connectivity index (χ2v) is 8.02. The van der Waals surface area contributed by atoms with Crippen LogP contribution in [-0.2, 0) is 27.2 Å². The summed E-state index contributed by atoms with van der Waals surface area (Å²) < 4.78 is 5.10. The van der Waals surface area contributed by atoms with Crippen molar-refractivity contribution in [2.24, 2.45) is 0 Å². The number of aryl methyl sites for hydroxylation is 1. The number of ether oxygens (including phenoxy) is 1. The van der Waals surface area contributed by atoms with Gasteiger partial charge in [0.2, 0.25) is 0 Å². The molecule has 3 rings (SSSR count). The maximum Gasteiger partial charge on any atom is 0.312 e. The van der Waals surface area contributed by atoms with Gasteiger partial charge in [-0.3, -0.25) is 9.59 Å². The topological polar surface area (TPSA) is 68.3 Å². The van der Waals surface area contributed by atoms with Crippen LogP contribution >= 0.6 is 22.7 Å². The van der Waals surface area contributed by atoms with E-state index in [2.05, 4.69) is 29.4 Å². The first kappa shape index (κ1) is 20.2. The summed E-state index contributed by atoms with van der Waals surface area (Å²) in [6.45, 7) is 3.71. The Morgan fingerprint density at radius 2 is 1.96 bits per heavy atom. The van der Waals surface area contributed by atoms with Crippen LogP contribution in [0.15, 0.2) is 46.5 Å². The maximum absolute atomic E-state index is 12.1. The van der Waals surface area contributed by atoms with Crippen LogP contribution < -0.4 is 5.32 Å². The average molecular weight is 415 g/mol. The van der Waals surface area contributed by atoms with Gasteiger partial charge in [-0.1, -0.05) is 31.2 Å². The second-order valence-electron chi connectivity index (χ2n) is 6.38. The standard InChI is InChI=1S/C21H22N2O3S2/c1-3-15-4-6-16(7-5-15)14(2)22-19(24)11-26-20(25)10-18-13-28-21(23-18)17-8-9-27-12-17/h4-9,12-14H,3,10-11H2,1-2H3,(H,22,24)/t14-/m0/s1. The number of nitrogens with zero attached hydrogens (tertiary/aromatic N) is 1. The van der Waals surface area contributed by atoms with Crippen molar-refractivity contribution in [2.45, 2.75) is 32.7 Å². The van der Waals surface area contributed by atoms with E-state index in [1.165, 1.54) is 16.9 Å². The monoisotopic (exact) mass is 414 g/mol. The molecule has 1 amide bonds. The Morgan fingerprint density at radius 3 is 2.64 bits per heavy atom. The number of aromatic nitrogens is 1. The van der Waals surface area contributed by atoms with E-state index in [1.807, 2.05) is 41.3 Å². The first-order valence-corrected chi connectivity index (χ1v) is 10.9. The fraction of sp³-hybridized carbons (Fsp3) is 0.286. The number of hydrogen-bond acceptors (Lipinski definition) is 6. The minimum atomic E-state index is -0.461. The zero-order chi connectivity index (χ0) is 19.9. The summed E-state index contributed by atoms with van der Waals surface area (Å²) >= 11 is 3.10. The highest BCUT2D eigenvalue weighted by Gasteiger charge is 2.14. The Labute approximate surface area is 172 Å². The van der Waals surface area contributed by atoms with Crippen molar-refractivity contribution in [1.29, 1.82) is 0 Å². The van der Waals surface area contributed by atoms with E-state index < -0.39 is 5.97 Å². The van der Waals surface area contributed by atoms with Crippen molar-refractivity contribution in [3.8, 4) is 10.6 Å². The van der Waals surface area contributed by atoms with Crippen molar-refractivity contribution >= 4 is 34.6 Å². The molecule has 0 radical (unpaired) electrons. The molecule has 2 heterocycles. The molecule has 1 aromatic carbocycles. The zero-order valence-corrected chi connectivity index (χ0v) is 17.4. The van der Waals surface area contributed by atoms with Gasteiger partial charge in [-0.05, 0) is 35.9 Å². The van der Waals surface area contributed by atoms with Crippen molar-refractivity contribution < 1.29 is 14.3 Å². The van der Waals surface area contributed by atoms with E-state index in [0.29, 0.717) is 5.69 Å². The molecule has 0 aliphatic carbocycles. The summed E-state index contributed by atoms with van der Waals surface area (Å²) in [6, 6.07) is 9.95. The third kappa shape index (κ3) is 5.50. The third-order valence-electron chi connectivity index (χ3n) is 4.28. The molecule has 0 saturated heterocycles. The molecule has 2 aromatic heterocycles.